The number of thiophene rings is 1. The summed E-state index contributed by atoms with van der Waals surface area (Å²) in [7, 11) is 0. The lowest BCUT2D eigenvalue weighted by Crippen LogP contribution is -2.12. The van der Waals surface area contributed by atoms with Crippen molar-refractivity contribution < 1.29 is 9.59 Å². The monoisotopic (exact) mass is 324 g/mol. The van der Waals surface area contributed by atoms with Crippen LogP contribution in [0.1, 0.15) is 20.0 Å². The predicted molar refractivity (Wildman–Crippen MR) is 74.9 cm³/mol. The SMILES string of the molecule is NC(=O)c1ccc(NC(=O)c2sccc2Br)cc1. The Morgan fingerprint density at radius 2 is 1.83 bits per heavy atom. The highest BCUT2D eigenvalue weighted by molar-refractivity contribution is 9.10. The van der Waals surface area contributed by atoms with Gasteiger partial charge in [-0.1, -0.05) is 0 Å². The van der Waals surface area contributed by atoms with Gasteiger partial charge in [-0.3, -0.25) is 9.59 Å². The van der Waals surface area contributed by atoms with Crippen molar-refractivity contribution in [3.8, 4) is 0 Å². The first kappa shape index (κ1) is 12.8. The summed E-state index contributed by atoms with van der Waals surface area (Å²) < 4.78 is 0.763. The van der Waals surface area contributed by atoms with Crippen LogP contribution in [-0.4, -0.2) is 11.8 Å². The van der Waals surface area contributed by atoms with Crippen LogP contribution in [0, 0.1) is 0 Å². The van der Waals surface area contributed by atoms with E-state index in [1.807, 2.05) is 11.4 Å². The second kappa shape index (κ2) is 5.32. The molecule has 0 aliphatic carbocycles. The minimum Gasteiger partial charge on any atom is -0.366 e. The summed E-state index contributed by atoms with van der Waals surface area (Å²) in [6, 6.07) is 8.23. The third-order valence-corrected chi connectivity index (χ3v) is 4.09. The van der Waals surface area contributed by atoms with Crippen LogP contribution in [0.3, 0.4) is 0 Å². The Balaban J connectivity index is 2.13. The minimum atomic E-state index is -0.492. The number of carbonyl (C=O) groups is 2. The van der Waals surface area contributed by atoms with Gasteiger partial charge in [0.25, 0.3) is 5.91 Å². The maximum Gasteiger partial charge on any atom is 0.266 e. The molecule has 0 saturated heterocycles. The van der Waals surface area contributed by atoms with E-state index in [1.54, 1.807) is 24.3 Å². The molecule has 1 aromatic heterocycles. The summed E-state index contributed by atoms with van der Waals surface area (Å²) in [5, 5.41) is 4.57. The van der Waals surface area contributed by atoms with Crippen molar-refractivity contribution >= 4 is 44.8 Å². The van der Waals surface area contributed by atoms with Gasteiger partial charge in [-0.15, -0.1) is 11.3 Å². The largest absolute Gasteiger partial charge is 0.366 e. The molecule has 0 fully saturated rings. The Bertz CT molecular complexity index is 592. The summed E-state index contributed by atoms with van der Waals surface area (Å²) >= 11 is 4.65. The number of rotatable bonds is 3. The number of anilines is 1. The quantitative estimate of drug-likeness (QED) is 0.911. The van der Waals surface area contributed by atoms with E-state index in [-0.39, 0.29) is 5.91 Å². The van der Waals surface area contributed by atoms with Gasteiger partial charge in [0.05, 0.1) is 0 Å². The lowest BCUT2D eigenvalue weighted by atomic mass is 10.2. The van der Waals surface area contributed by atoms with Crippen LogP contribution >= 0.6 is 27.3 Å². The van der Waals surface area contributed by atoms with Gasteiger partial charge in [-0.25, -0.2) is 0 Å². The number of hydrogen-bond donors (Lipinski definition) is 2. The van der Waals surface area contributed by atoms with Crippen molar-refractivity contribution in [2.45, 2.75) is 0 Å². The molecule has 0 saturated carbocycles. The van der Waals surface area contributed by atoms with Crippen LogP contribution in [0.2, 0.25) is 0 Å². The predicted octanol–water partition coefficient (Wildman–Crippen LogP) is 2.86. The first-order valence-corrected chi connectivity index (χ1v) is 6.69. The van der Waals surface area contributed by atoms with Gasteiger partial charge < -0.3 is 11.1 Å². The van der Waals surface area contributed by atoms with Crippen LogP contribution in [0.25, 0.3) is 0 Å². The van der Waals surface area contributed by atoms with Gasteiger partial charge in [-0.05, 0) is 51.6 Å². The Kier molecular flexibility index (Phi) is 3.78. The van der Waals surface area contributed by atoms with Crippen LogP contribution in [0.15, 0.2) is 40.2 Å². The van der Waals surface area contributed by atoms with Crippen LogP contribution in [0.5, 0.6) is 0 Å². The summed E-state index contributed by atoms with van der Waals surface area (Å²) in [4.78, 5) is 23.4. The van der Waals surface area contributed by atoms with E-state index in [1.165, 1.54) is 11.3 Å². The number of nitrogens with two attached hydrogens (primary N) is 1. The van der Waals surface area contributed by atoms with Crippen molar-refractivity contribution in [1.82, 2.24) is 0 Å². The summed E-state index contributed by atoms with van der Waals surface area (Å²) in [6.07, 6.45) is 0. The fourth-order valence-corrected chi connectivity index (χ4v) is 2.81. The Morgan fingerprint density at radius 3 is 2.33 bits per heavy atom. The molecule has 6 heteroatoms. The fraction of sp³-hybridized carbons (Fsp3) is 0. The van der Waals surface area contributed by atoms with E-state index in [4.69, 9.17) is 5.73 Å². The zero-order valence-corrected chi connectivity index (χ0v) is 11.5. The molecule has 4 nitrogen and oxygen atoms in total. The topological polar surface area (TPSA) is 72.2 Å². The lowest BCUT2D eigenvalue weighted by molar-refractivity contribution is 0.0998. The molecule has 1 heterocycles. The highest BCUT2D eigenvalue weighted by atomic mass is 79.9. The maximum atomic E-state index is 11.9. The highest BCUT2D eigenvalue weighted by Gasteiger charge is 2.11. The number of carbonyl (C=O) groups excluding carboxylic acids is 2. The number of amides is 2. The average molecular weight is 325 g/mol. The molecule has 0 radical (unpaired) electrons. The van der Waals surface area contributed by atoms with E-state index in [2.05, 4.69) is 21.2 Å². The van der Waals surface area contributed by atoms with Gasteiger partial charge in [0.2, 0.25) is 5.91 Å². The fourth-order valence-electron chi connectivity index (χ4n) is 1.36. The smallest absolute Gasteiger partial charge is 0.266 e. The molecule has 92 valence electrons. The molecule has 2 amide bonds. The van der Waals surface area contributed by atoms with E-state index in [0.29, 0.717) is 16.1 Å². The molecular formula is C12H9BrN2O2S. The van der Waals surface area contributed by atoms with E-state index >= 15 is 0 Å². The zero-order chi connectivity index (χ0) is 13.1. The van der Waals surface area contributed by atoms with Gasteiger partial charge in [0, 0.05) is 15.7 Å². The average Bonchev–Trinajstić information content (AvgIpc) is 2.76. The molecule has 2 rings (SSSR count). The summed E-state index contributed by atoms with van der Waals surface area (Å²) in [5.41, 5.74) is 6.16. The third kappa shape index (κ3) is 2.77. The van der Waals surface area contributed by atoms with Crippen molar-refractivity contribution in [3.05, 3.63) is 50.6 Å². The molecular weight excluding hydrogens is 316 g/mol. The molecule has 1 aromatic carbocycles. The highest BCUT2D eigenvalue weighted by Crippen LogP contribution is 2.23. The molecule has 0 unspecified atom stereocenters. The molecule has 0 atom stereocenters. The van der Waals surface area contributed by atoms with Crippen molar-refractivity contribution in [2.24, 2.45) is 5.73 Å². The minimum absolute atomic E-state index is 0.191. The van der Waals surface area contributed by atoms with Crippen molar-refractivity contribution in [3.63, 3.8) is 0 Å². The first-order chi connectivity index (χ1) is 8.58. The van der Waals surface area contributed by atoms with E-state index in [9.17, 15) is 9.59 Å². The molecule has 3 N–H and O–H groups in total. The van der Waals surface area contributed by atoms with Crippen molar-refractivity contribution in [2.75, 3.05) is 5.32 Å². The zero-order valence-electron chi connectivity index (χ0n) is 9.14. The Hall–Kier alpha value is -1.66. The number of halogens is 1. The second-order valence-electron chi connectivity index (χ2n) is 3.49. The molecule has 0 bridgehead atoms. The third-order valence-electron chi connectivity index (χ3n) is 2.25. The molecule has 0 spiro atoms. The van der Waals surface area contributed by atoms with Crippen LogP contribution in [-0.2, 0) is 0 Å². The van der Waals surface area contributed by atoms with Gasteiger partial charge in [0.15, 0.2) is 0 Å². The standard InChI is InChI=1S/C12H9BrN2O2S/c13-9-5-6-18-10(9)12(17)15-8-3-1-7(2-4-8)11(14)16/h1-6H,(H2,14,16)(H,15,17). The van der Waals surface area contributed by atoms with Gasteiger partial charge in [0.1, 0.15) is 4.88 Å². The molecule has 2 aromatic rings. The summed E-state index contributed by atoms with van der Waals surface area (Å²) in [5.74, 6) is -0.683. The lowest BCUT2D eigenvalue weighted by Gasteiger charge is -2.04. The molecule has 18 heavy (non-hydrogen) atoms. The first-order valence-electron chi connectivity index (χ1n) is 5.02. The molecule has 0 aliphatic rings. The van der Waals surface area contributed by atoms with Crippen molar-refractivity contribution in [1.29, 1.82) is 0 Å². The maximum absolute atomic E-state index is 11.9. The normalized spacial score (nSPS) is 10.1. The van der Waals surface area contributed by atoms with Gasteiger partial charge in [-0.2, -0.15) is 0 Å². The molecule has 0 aliphatic heterocycles. The number of benzene rings is 1. The van der Waals surface area contributed by atoms with Crippen LogP contribution < -0.4 is 11.1 Å². The summed E-state index contributed by atoms with van der Waals surface area (Å²) in [6.45, 7) is 0. The Labute approximate surface area is 116 Å². The van der Waals surface area contributed by atoms with Gasteiger partial charge >= 0.3 is 0 Å². The number of hydrogen-bond acceptors (Lipinski definition) is 3. The number of primary amides is 1. The van der Waals surface area contributed by atoms with E-state index in [0.717, 1.165) is 4.47 Å². The van der Waals surface area contributed by atoms with Crippen LogP contribution in [0.4, 0.5) is 5.69 Å². The second-order valence-corrected chi connectivity index (χ2v) is 5.26. The Morgan fingerprint density at radius 1 is 1.17 bits per heavy atom. The number of nitrogens with one attached hydrogen (secondary N) is 1. The van der Waals surface area contributed by atoms with E-state index < -0.39 is 5.91 Å².